The van der Waals surface area contributed by atoms with Crippen LogP contribution in [-0.4, -0.2) is 51.4 Å². The van der Waals surface area contributed by atoms with Crippen LogP contribution in [0.5, 0.6) is 0 Å². The van der Waals surface area contributed by atoms with Gasteiger partial charge in [0.2, 0.25) is 10.0 Å². The van der Waals surface area contributed by atoms with Crippen LogP contribution >= 0.6 is 0 Å². The fraction of sp³-hybridized carbons (Fsp3) is 0.611. The Hall–Kier alpha value is -1.44. The van der Waals surface area contributed by atoms with E-state index in [2.05, 4.69) is 10.6 Å². The molecule has 1 aromatic rings. The van der Waals surface area contributed by atoms with E-state index in [0.29, 0.717) is 31.1 Å². The number of rotatable bonds is 8. The highest BCUT2D eigenvalue weighted by Gasteiger charge is 2.22. The van der Waals surface area contributed by atoms with Crippen LogP contribution in [0.4, 0.5) is 0 Å². The number of piperidine rings is 1. The summed E-state index contributed by atoms with van der Waals surface area (Å²) in [5.74, 6) is 0.379. The normalized spacial score (nSPS) is 18.3. The van der Waals surface area contributed by atoms with Crippen LogP contribution in [0, 0.1) is 5.92 Å². The summed E-state index contributed by atoms with van der Waals surface area (Å²) >= 11 is 0. The zero-order valence-corrected chi connectivity index (χ0v) is 15.9. The number of hydrogen-bond donors (Lipinski definition) is 2. The second kappa shape index (κ2) is 9.31. The first-order chi connectivity index (χ1) is 12.0. The molecule has 2 N–H and O–H groups in total. The summed E-state index contributed by atoms with van der Waals surface area (Å²) in [5.41, 5.74) is 0.384. The lowest BCUT2D eigenvalue weighted by Gasteiger charge is -2.22. The van der Waals surface area contributed by atoms with Crippen LogP contribution in [0.3, 0.4) is 0 Å². The zero-order chi connectivity index (χ0) is 18.3. The van der Waals surface area contributed by atoms with Gasteiger partial charge in [0.15, 0.2) is 0 Å². The van der Waals surface area contributed by atoms with Gasteiger partial charge in [-0.05, 0) is 56.5 Å². The molecule has 0 spiro atoms. The third kappa shape index (κ3) is 5.26. The maximum atomic E-state index is 12.6. The van der Waals surface area contributed by atoms with E-state index in [9.17, 15) is 13.2 Å². The SMILES string of the molecule is CCN(CC)S(=O)(=O)c1cccc(C(=O)NCCC2CCCNC2)c1. The molecular weight excluding hydrogens is 338 g/mol. The monoisotopic (exact) mass is 367 g/mol. The fourth-order valence-corrected chi connectivity index (χ4v) is 4.68. The lowest BCUT2D eigenvalue weighted by molar-refractivity contribution is 0.0950. The van der Waals surface area contributed by atoms with Crippen LogP contribution in [0.15, 0.2) is 29.2 Å². The van der Waals surface area contributed by atoms with E-state index < -0.39 is 10.0 Å². The molecule has 1 fully saturated rings. The number of hydrogen-bond acceptors (Lipinski definition) is 4. The highest BCUT2D eigenvalue weighted by Crippen LogP contribution is 2.17. The first-order valence-electron chi connectivity index (χ1n) is 9.08. The average Bonchev–Trinajstić information content (AvgIpc) is 2.63. The molecule has 1 amide bonds. The van der Waals surface area contributed by atoms with E-state index in [4.69, 9.17) is 0 Å². The minimum absolute atomic E-state index is 0.167. The number of nitrogens with one attached hydrogen (secondary N) is 2. The van der Waals surface area contributed by atoms with Gasteiger partial charge in [-0.1, -0.05) is 19.9 Å². The Balaban J connectivity index is 1.98. The number of amides is 1. The van der Waals surface area contributed by atoms with Crippen molar-refractivity contribution in [3.63, 3.8) is 0 Å². The Morgan fingerprint density at radius 3 is 2.72 bits per heavy atom. The second-order valence-corrected chi connectivity index (χ2v) is 8.31. The number of nitrogens with zero attached hydrogens (tertiary/aromatic N) is 1. The van der Waals surface area contributed by atoms with Gasteiger partial charge in [0.25, 0.3) is 5.91 Å². The molecule has 1 aromatic carbocycles. The summed E-state index contributed by atoms with van der Waals surface area (Å²) in [7, 11) is -3.55. The lowest BCUT2D eigenvalue weighted by atomic mass is 9.96. The van der Waals surface area contributed by atoms with Gasteiger partial charge in [-0.2, -0.15) is 4.31 Å². The summed E-state index contributed by atoms with van der Waals surface area (Å²) in [6.45, 7) is 7.12. The maximum absolute atomic E-state index is 12.6. The van der Waals surface area contributed by atoms with Gasteiger partial charge in [-0.15, -0.1) is 0 Å². The lowest BCUT2D eigenvalue weighted by Crippen LogP contribution is -2.33. The minimum Gasteiger partial charge on any atom is -0.352 e. The van der Waals surface area contributed by atoms with Gasteiger partial charge in [0.05, 0.1) is 4.90 Å². The molecule has 25 heavy (non-hydrogen) atoms. The van der Waals surface area contributed by atoms with Crippen molar-refractivity contribution in [2.24, 2.45) is 5.92 Å². The van der Waals surface area contributed by atoms with Crippen LogP contribution in [0.2, 0.25) is 0 Å². The van der Waals surface area contributed by atoms with Crippen molar-refractivity contribution in [1.82, 2.24) is 14.9 Å². The van der Waals surface area contributed by atoms with Crippen molar-refractivity contribution in [2.75, 3.05) is 32.7 Å². The maximum Gasteiger partial charge on any atom is 0.251 e. The van der Waals surface area contributed by atoms with Crippen molar-refractivity contribution >= 4 is 15.9 Å². The molecule has 1 aliphatic heterocycles. The van der Waals surface area contributed by atoms with Gasteiger partial charge in [-0.3, -0.25) is 4.79 Å². The number of carbonyl (C=O) groups excluding carboxylic acids is 1. The van der Waals surface area contributed by atoms with Crippen molar-refractivity contribution in [2.45, 2.75) is 38.0 Å². The Bertz CT molecular complexity index is 666. The van der Waals surface area contributed by atoms with Crippen LogP contribution in [0.25, 0.3) is 0 Å². The Labute approximate surface area is 151 Å². The molecule has 6 nitrogen and oxygen atoms in total. The van der Waals surface area contributed by atoms with Crippen LogP contribution in [-0.2, 0) is 10.0 Å². The van der Waals surface area contributed by atoms with Gasteiger partial charge in [0, 0.05) is 25.2 Å². The van der Waals surface area contributed by atoms with Crippen LogP contribution < -0.4 is 10.6 Å². The molecule has 7 heteroatoms. The predicted molar refractivity (Wildman–Crippen MR) is 99.1 cm³/mol. The minimum atomic E-state index is -3.55. The second-order valence-electron chi connectivity index (χ2n) is 6.37. The van der Waals surface area contributed by atoms with E-state index in [0.717, 1.165) is 19.5 Å². The smallest absolute Gasteiger partial charge is 0.251 e. The first kappa shape index (κ1) is 19.9. The summed E-state index contributed by atoms with van der Waals surface area (Å²) in [6, 6.07) is 6.28. The average molecular weight is 368 g/mol. The molecule has 0 aliphatic carbocycles. The van der Waals surface area contributed by atoms with Gasteiger partial charge >= 0.3 is 0 Å². The number of carbonyl (C=O) groups is 1. The Morgan fingerprint density at radius 1 is 1.32 bits per heavy atom. The van der Waals surface area contributed by atoms with Crippen molar-refractivity contribution in [1.29, 1.82) is 0 Å². The molecular formula is C18H29N3O3S. The topological polar surface area (TPSA) is 78.5 Å². The number of sulfonamides is 1. The molecule has 1 aliphatic rings. The highest BCUT2D eigenvalue weighted by molar-refractivity contribution is 7.89. The predicted octanol–water partition coefficient (Wildman–Crippen LogP) is 1.84. The largest absolute Gasteiger partial charge is 0.352 e. The van der Waals surface area contributed by atoms with E-state index in [1.165, 1.54) is 29.3 Å². The molecule has 0 aromatic heterocycles. The summed E-state index contributed by atoms with van der Waals surface area (Å²) < 4.78 is 26.5. The zero-order valence-electron chi connectivity index (χ0n) is 15.1. The molecule has 0 bridgehead atoms. The van der Waals surface area contributed by atoms with E-state index >= 15 is 0 Å². The van der Waals surface area contributed by atoms with Gasteiger partial charge in [-0.25, -0.2) is 8.42 Å². The van der Waals surface area contributed by atoms with Crippen molar-refractivity contribution in [3.05, 3.63) is 29.8 Å². The number of benzene rings is 1. The third-order valence-corrected chi connectivity index (χ3v) is 6.72. The molecule has 1 saturated heterocycles. The molecule has 1 atom stereocenters. The molecule has 0 saturated carbocycles. The van der Waals surface area contributed by atoms with Gasteiger partial charge in [0.1, 0.15) is 0 Å². The van der Waals surface area contributed by atoms with Crippen molar-refractivity contribution in [3.8, 4) is 0 Å². The quantitative estimate of drug-likeness (QED) is 0.735. The molecule has 1 heterocycles. The molecule has 140 valence electrons. The molecule has 2 rings (SSSR count). The molecule has 1 unspecified atom stereocenters. The summed E-state index contributed by atoms with van der Waals surface area (Å²) in [5, 5.41) is 6.27. The Kier molecular flexibility index (Phi) is 7.40. The fourth-order valence-electron chi connectivity index (χ4n) is 3.17. The summed E-state index contributed by atoms with van der Waals surface area (Å²) in [4.78, 5) is 12.5. The highest BCUT2D eigenvalue weighted by atomic mass is 32.2. The standard InChI is InChI=1S/C18H29N3O3S/c1-3-21(4-2)25(23,24)17-9-5-8-16(13-17)18(22)20-12-10-15-7-6-11-19-14-15/h5,8-9,13,15,19H,3-4,6-7,10-12,14H2,1-2H3,(H,20,22). The van der Waals surface area contributed by atoms with E-state index in [1.54, 1.807) is 26.0 Å². The first-order valence-corrected chi connectivity index (χ1v) is 10.5. The van der Waals surface area contributed by atoms with E-state index in [1.807, 2.05) is 0 Å². The summed E-state index contributed by atoms with van der Waals surface area (Å²) in [6.07, 6.45) is 3.32. The Morgan fingerprint density at radius 2 is 2.08 bits per heavy atom. The van der Waals surface area contributed by atoms with Crippen molar-refractivity contribution < 1.29 is 13.2 Å². The van der Waals surface area contributed by atoms with Gasteiger partial charge < -0.3 is 10.6 Å². The van der Waals surface area contributed by atoms with E-state index in [-0.39, 0.29) is 10.8 Å². The van der Waals surface area contributed by atoms with Crippen LogP contribution in [0.1, 0.15) is 43.5 Å². The third-order valence-electron chi connectivity index (χ3n) is 4.68. The molecule has 0 radical (unpaired) electrons.